The molecule has 6 rings (SSSR count). The molecule has 5 aromatic rings. The lowest BCUT2D eigenvalue weighted by Gasteiger charge is -2.33. The van der Waals surface area contributed by atoms with Gasteiger partial charge in [0.15, 0.2) is 5.75 Å². The van der Waals surface area contributed by atoms with Gasteiger partial charge in [-0.15, -0.1) is 0 Å². The summed E-state index contributed by atoms with van der Waals surface area (Å²) in [4.78, 5) is 33.8. The van der Waals surface area contributed by atoms with Gasteiger partial charge in [0.05, 0.1) is 23.7 Å². The molecule has 4 aromatic carbocycles. The van der Waals surface area contributed by atoms with E-state index in [1.807, 2.05) is 110 Å². The molecule has 2 amide bonds. The van der Waals surface area contributed by atoms with E-state index in [9.17, 15) is 14.7 Å². The summed E-state index contributed by atoms with van der Waals surface area (Å²) in [5, 5.41) is 14.7. The topological polar surface area (TPSA) is 91.8 Å². The van der Waals surface area contributed by atoms with Gasteiger partial charge in [-0.1, -0.05) is 104 Å². The van der Waals surface area contributed by atoms with Gasteiger partial charge in [-0.2, -0.15) is 0 Å². The number of nitrogens with zero attached hydrogens (tertiary/aromatic N) is 2. The largest absolute Gasteiger partial charge is 0.489 e. The Morgan fingerprint density at radius 1 is 0.953 bits per heavy atom. The van der Waals surface area contributed by atoms with Crippen molar-refractivity contribution in [1.29, 1.82) is 0 Å². The molecule has 0 saturated carbocycles. The fourth-order valence-corrected chi connectivity index (χ4v) is 5.69. The van der Waals surface area contributed by atoms with Crippen molar-refractivity contribution >= 4 is 22.7 Å². The number of hydrogen-bond donors (Lipinski definition) is 2. The number of fused-ring (bicyclic) bond motifs is 2. The summed E-state index contributed by atoms with van der Waals surface area (Å²) in [5.74, 6) is -0.182. The van der Waals surface area contributed by atoms with E-state index in [0.29, 0.717) is 46.3 Å². The minimum Gasteiger partial charge on any atom is -0.489 e. The molecular weight excluding hydrogens is 538 g/mol. The van der Waals surface area contributed by atoms with Crippen molar-refractivity contribution in [3.63, 3.8) is 0 Å². The fourth-order valence-electron chi connectivity index (χ4n) is 5.69. The zero-order valence-corrected chi connectivity index (χ0v) is 23.9. The first-order chi connectivity index (χ1) is 21.0. The normalized spacial score (nSPS) is 15.2. The van der Waals surface area contributed by atoms with Gasteiger partial charge in [0.25, 0.3) is 11.8 Å². The Kier molecular flexibility index (Phi) is 8.16. The van der Waals surface area contributed by atoms with Crippen molar-refractivity contribution in [3.05, 3.63) is 131 Å². The van der Waals surface area contributed by atoms with Crippen LogP contribution in [-0.2, 0) is 6.42 Å². The number of amides is 2. The van der Waals surface area contributed by atoms with Crippen LogP contribution in [0, 0.1) is 0 Å². The van der Waals surface area contributed by atoms with Gasteiger partial charge in [-0.25, -0.2) is 4.98 Å². The summed E-state index contributed by atoms with van der Waals surface area (Å²) in [6.07, 6.45) is 0.0882. The summed E-state index contributed by atoms with van der Waals surface area (Å²) in [6, 6.07) is 34.1. The third-order valence-corrected chi connectivity index (χ3v) is 7.89. The van der Waals surface area contributed by atoms with E-state index in [1.165, 1.54) is 4.90 Å². The second-order valence-corrected chi connectivity index (χ2v) is 10.6. The first-order valence-electron chi connectivity index (χ1n) is 14.6. The molecule has 0 aliphatic carbocycles. The Morgan fingerprint density at radius 3 is 2.40 bits per heavy atom. The van der Waals surface area contributed by atoms with Crippen molar-refractivity contribution in [2.75, 3.05) is 13.2 Å². The molecule has 0 saturated heterocycles. The van der Waals surface area contributed by atoms with Gasteiger partial charge in [-0.05, 0) is 29.7 Å². The lowest BCUT2D eigenvalue weighted by molar-refractivity contribution is -0.00192. The Balaban J connectivity index is 1.38. The molecule has 7 nitrogen and oxygen atoms in total. The number of hydrogen-bond acceptors (Lipinski definition) is 5. The van der Waals surface area contributed by atoms with Crippen LogP contribution in [0.1, 0.15) is 51.2 Å². The molecule has 1 aliphatic rings. The van der Waals surface area contributed by atoms with E-state index in [4.69, 9.17) is 9.72 Å². The van der Waals surface area contributed by atoms with Gasteiger partial charge in [0, 0.05) is 22.9 Å². The van der Waals surface area contributed by atoms with Crippen LogP contribution in [0.25, 0.3) is 22.2 Å². The summed E-state index contributed by atoms with van der Waals surface area (Å²) in [6.45, 7) is 2.23. The molecule has 0 radical (unpaired) electrons. The van der Waals surface area contributed by atoms with Crippen LogP contribution < -0.4 is 10.1 Å². The zero-order valence-electron chi connectivity index (χ0n) is 23.9. The highest BCUT2D eigenvalue weighted by Gasteiger charge is 2.31. The van der Waals surface area contributed by atoms with Crippen LogP contribution in [-0.4, -0.2) is 46.2 Å². The highest BCUT2D eigenvalue weighted by Crippen LogP contribution is 2.37. The lowest BCUT2D eigenvalue weighted by Crippen LogP contribution is -2.47. The molecular formula is C36H33N3O4. The first kappa shape index (κ1) is 28.1. The smallest absolute Gasteiger partial charge is 0.256 e. The molecule has 216 valence electrons. The van der Waals surface area contributed by atoms with Crippen LogP contribution in [0.3, 0.4) is 0 Å². The van der Waals surface area contributed by atoms with Gasteiger partial charge in [-0.3, -0.25) is 9.59 Å². The van der Waals surface area contributed by atoms with E-state index >= 15 is 0 Å². The number of benzene rings is 4. The first-order valence-corrected chi connectivity index (χ1v) is 14.6. The van der Waals surface area contributed by atoms with Crippen molar-refractivity contribution < 1.29 is 19.4 Å². The molecule has 0 fully saturated rings. The molecule has 2 atom stereocenters. The predicted octanol–water partition coefficient (Wildman–Crippen LogP) is 6.18. The van der Waals surface area contributed by atoms with Crippen LogP contribution in [0.2, 0.25) is 0 Å². The number of rotatable bonds is 9. The minimum atomic E-state index is -0.965. The lowest BCUT2D eigenvalue weighted by atomic mass is 9.98. The minimum absolute atomic E-state index is 0.0565. The number of aliphatic hydroxyl groups excluding tert-OH is 1. The zero-order chi connectivity index (χ0) is 29.8. The number of carbonyl (C=O) groups is 2. The molecule has 7 heteroatoms. The molecule has 2 N–H and O–H groups in total. The van der Waals surface area contributed by atoms with Crippen LogP contribution >= 0.6 is 0 Å². The molecule has 0 unspecified atom stereocenters. The van der Waals surface area contributed by atoms with E-state index in [2.05, 4.69) is 5.32 Å². The molecule has 43 heavy (non-hydrogen) atoms. The second kappa shape index (κ2) is 12.5. The quantitative estimate of drug-likeness (QED) is 0.221. The average Bonchev–Trinajstić information content (AvgIpc) is 3.05. The maximum absolute atomic E-state index is 14.2. The van der Waals surface area contributed by atoms with Crippen molar-refractivity contribution in [1.82, 2.24) is 15.2 Å². The number of aliphatic hydroxyl groups is 1. The van der Waals surface area contributed by atoms with E-state index in [0.717, 1.165) is 16.7 Å². The summed E-state index contributed by atoms with van der Waals surface area (Å²) in [7, 11) is 0. The average molecular weight is 572 g/mol. The molecule has 0 bridgehead atoms. The molecule has 0 spiro atoms. The number of carbonyl (C=O) groups excluding carboxylic acids is 2. The van der Waals surface area contributed by atoms with E-state index in [1.54, 1.807) is 6.07 Å². The monoisotopic (exact) mass is 571 g/mol. The summed E-state index contributed by atoms with van der Waals surface area (Å²) >= 11 is 0. The Labute approximate surface area is 250 Å². The molecule has 1 aromatic heterocycles. The van der Waals surface area contributed by atoms with Crippen LogP contribution in [0.4, 0.5) is 0 Å². The van der Waals surface area contributed by atoms with Crippen molar-refractivity contribution in [3.8, 4) is 17.0 Å². The number of ether oxygens (including phenoxy) is 1. The third-order valence-electron chi connectivity index (χ3n) is 7.89. The van der Waals surface area contributed by atoms with Crippen molar-refractivity contribution in [2.45, 2.75) is 32.0 Å². The number of para-hydroxylation sites is 1. The molecule has 2 heterocycles. The second-order valence-electron chi connectivity index (χ2n) is 10.6. The third kappa shape index (κ3) is 5.72. The summed E-state index contributed by atoms with van der Waals surface area (Å²) in [5.41, 5.74) is 4.81. The van der Waals surface area contributed by atoms with Crippen LogP contribution in [0.15, 0.2) is 109 Å². The van der Waals surface area contributed by atoms with Gasteiger partial charge < -0.3 is 20.1 Å². The number of pyridine rings is 1. The highest BCUT2D eigenvalue weighted by molar-refractivity contribution is 6.10. The standard InChI is InChI=1S/C36H33N3O4/c1-2-29(24-13-5-3-6-14-24)38-35(41)32-28-19-11-12-20-30(28)37-33(25-15-7-4-8-16-25)34(32)43-22-21-39-31(40)23-26-17-9-10-18-27(26)36(39)42/h3-20,29,31,40H,2,21-23H2,1H3,(H,38,41)/t29-,31+/m0/s1. The van der Waals surface area contributed by atoms with Crippen LogP contribution in [0.5, 0.6) is 5.75 Å². The number of nitrogens with one attached hydrogen (secondary N) is 1. The van der Waals surface area contributed by atoms with Gasteiger partial charge >= 0.3 is 0 Å². The van der Waals surface area contributed by atoms with E-state index < -0.39 is 6.23 Å². The van der Waals surface area contributed by atoms with Crippen molar-refractivity contribution in [2.24, 2.45) is 0 Å². The summed E-state index contributed by atoms with van der Waals surface area (Å²) < 4.78 is 6.43. The SMILES string of the molecule is CC[C@H](NC(=O)c1c(OCCN2C(=O)c3ccccc3C[C@H]2O)c(-c2ccccc2)nc2ccccc12)c1ccccc1. The Hall–Kier alpha value is -5.01. The highest BCUT2D eigenvalue weighted by atomic mass is 16.5. The number of aromatic nitrogens is 1. The van der Waals surface area contributed by atoms with E-state index in [-0.39, 0.29) is 31.0 Å². The predicted molar refractivity (Wildman–Crippen MR) is 167 cm³/mol. The Morgan fingerprint density at radius 2 is 1.63 bits per heavy atom. The Bertz CT molecular complexity index is 1760. The molecule has 1 aliphatic heterocycles. The maximum atomic E-state index is 14.2. The van der Waals surface area contributed by atoms with Gasteiger partial charge in [0.1, 0.15) is 18.5 Å². The maximum Gasteiger partial charge on any atom is 0.256 e. The fraction of sp³-hybridized carbons (Fsp3) is 0.194. The van der Waals surface area contributed by atoms with Gasteiger partial charge in [0.2, 0.25) is 0 Å².